The molecular weight excluding hydrogens is 364 g/mol. The molecule has 0 N–H and O–H groups in total. The minimum Gasteiger partial charge on any atom is -0.457 e. The minimum atomic E-state index is -0.492. The molecule has 28 heavy (non-hydrogen) atoms. The maximum absolute atomic E-state index is 12.4. The zero-order chi connectivity index (χ0) is 20.3. The van der Waals surface area contributed by atoms with Crippen LogP contribution >= 0.6 is 0 Å². The highest BCUT2D eigenvalue weighted by Crippen LogP contribution is 2.08. The van der Waals surface area contributed by atoms with Crippen LogP contribution in [-0.2, 0) is 30.2 Å². The summed E-state index contributed by atoms with van der Waals surface area (Å²) in [6, 6.07) is 8.60. The second-order valence-corrected chi connectivity index (χ2v) is 6.37. The Kier molecular flexibility index (Phi) is 5.53. The standard InChI is InChI=1S/C19H20N4O5/c1-21-17-16(18(26)22(2)19(21)27)23(12-20-17)10-6-9-15(25)28-11-14(24)13-7-4-3-5-8-13/h3-5,7-8,12H,6,9-11H2,1-2H3. The van der Waals surface area contributed by atoms with E-state index in [1.165, 1.54) is 17.9 Å². The van der Waals surface area contributed by atoms with Crippen molar-refractivity contribution >= 4 is 22.9 Å². The summed E-state index contributed by atoms with van der Waals surface area (Å²) in [6.07, 6.45) is 1.96. The Morgan fingerprint density at radius 2 is 1.79 bits per heavy atom. The summed E-state index contributed by atoms with van der Waals surface area (Å²) in [6.45, 7) is 0.0468. The van der Waals surface area contributed by atoms with Crippen molar-refractivity contribution in [3.63, 3.8) is 0 Å². The molecule has 1 aromatic carbocycles. The normalized spacial score (nSPS) is 10.9. The molecule has 3 rings (SSSR count). The van der Waals surface area contributed by atoms with Crippen LogP contribution in [0, 0.1) is 0 Å². The second kappa shape index (κ2) is 8.03. The zero-order valence-corrected chi connectivity index (χ0v) is 15.6. The van der Waals surface area contributed by atoms with E-state index in [4.69, 9.17) is 4.74 Å². The highest BCUT2D eigenvalue weighted by atomic mass is 16.5. The van der Waals surface area contributed by atoms with Crippen LogP contribution in [-0.4, -0.2) is 37.0 Å². The first-order valence-electron chi connectivity index (χ1n) is 8.75. The van der Waals surface area contributed by atoms with E-state index in [1.54, 1.807) is 41.9 Å². The van der Waals surface area contributed by atoms with E-state index in [0.29, 0.717) is 29.7 Å². The van der Waals surface area contributed by atoms with Crippen molar-refractivity contribution in [3.8, 4) is 0 Å². The largest absolute Gasteiger partial charge is 0.457 e. The van der Waals surface area contributed by atoms with Crippen molar-refractivity contribution in [3.05, 3.63) is 63.1 Å². The number of fused-ring (bicyclic) bond motifs is 1. The Hall–Kier alpha value is -3.49. The lowest BCUT2D eigenvalue weighted by Crippen LogP contribution is -2.37. The lowest BCUT2D eigenvalue weighted by molar-refractivity contribution is -0.142. The number of esters is 1. The summed E-state index contributed by atoms with van der Waals surface area (Å²) in [5.74, 6) is -0.757. The average Bonchev–Trinajstić information content (AvgIpc) is 3.13. The number of rotatable bonds is 7. The fraction of sp³-hybridized carbons (Fsp3) is 0.316. The molecule has 2 aromatic heterocycles. The number of aryl methyl sites for hydroxylation is 2. The Morgan fingerprint density at radius 1 is 1.07 bits per heavy atom. The molecule has 0 aliphatic rings. The van der Waals surface area contributed by atoms with Crippen LogP contribution < -0.4 is 11.2 Å². The number of ketones is 1. The third-order valence-corrected chi connectivity index (χ3v) is 4.46. The third-order valence-electron chi connectivity index (χ3n) is 4.46. The lowest BCUT2D eigenvalue weighted by atomic mass is 10.1. The van der Waals surface area contributed by atoms with Crippen molar-refractivity contribution in [2.24, 2.45) is 14.1 Å². The zero-order valence-electron chi connectivity index (χ0n) is 15.6. The van der Waals surface area contributed by atoms with Gasteiger partial charge in [0.05, 0.1) is 6.33 Å². The first-order valence-corrected chi connectivity index (χ1v) is 8.75. The number of carbonyl (C=O) groups excluding carboxylic acids is 2. The van der Waals surface area contributed by atoms with E-state index in [0.717, 1.165) is 4.57 Å². The second-order valence-electron chi connectivity index (χ2n) is 6.37. The van der Waals surface area contributed by atoms with Crippen LogP contribution in [0.2, 0.25) is 0 Å². The quantitative estimate of drug-likeness (QED) is 0.437. The van der Waals surface area contributed by atoms with Crippen molar-refractivity contribution in [2.45, 2.75) is 19.4 Å². The monoisotopic (exact) mass is 384 g/mol. The number of ether oxygens (including phenoxy) is 1. The van der Waals surface area contributed by atoms with Crippen molar-refractivity contribution in [1.29, 1.82) is 0 Å². The first-order chi connectivity index (χ1) is 13.4. The van der Waals surface area contributed by atoms with E-state index in [-0.39, 0.29) is 18.8 Å². The number of carbonyl (C=O) groups is 2. The fourth-order valence-electron chi connectivity index (χ4n) is 2.89. The van der Waals surface area contributed by atoms with Crippen LogP contribution in [0.4, 0.5) is 0 Å². The van der Waals surface area contributed by atoms with Crippen molar-refractivity contribution in [2.75, 3.05) is 6.61 Å². The Morgan fingerprint density at radius 3 is 2.50 bits per heavy atom. The van der Waals surface area contributed by atoms with Crippen molar-refractivity contribution in [1.82, 2.24) is 18.7 Å². The minimum absolute atomic E-state index is 0.0911. The molecule has 0 atom stereocenters. The van der Waals surface area contributed by atoms with Crippen LogP contribution in [0.15, 0.2) is 46.2 Å². The van der Waals surface area contributed by atoms with Gasteiger partial charge < -0.3 is 9.30 Å². The van der Waals surface area contributed by atoms with Gasteiger partial charge in [0.15, 0.2) is 23.6 Å². The summed E-state index contributed by atoms with van der Waals surface area (Å²) < 4.78 is 8.95. The van der Waals surface area contributed by atoms with Gasteiger partial charge in [-0.2, -0.15) is 0 Å². The van der Waals surface area contributed by atoms with Crippen LogP contribution in [0.3, 0.4) is 0 Å². The van der Waals surface area contributed by atoms with Gasteiger partial charge in [0, 0.05) is 32.6 Å². The molecule has 0 saturated carbocycles. The summed E-state index contributed by atoms with van der Waals surface area (Å²) in [4.78, 5) is 52.2. The first kappa shape index (κ1) is 19.3. The van der Waals surface area contributed by atoms with Gasteiger partial charge in [-0.3, -0.25) is 23.5 Å². The molecule has 146 valence electrons. The van der Waals surface area contributed by atoms with Gasteiger partial charge in [-0.15, -0.1) is 0 Å². The SMILES string of the molecule is Cn1c(=O)c2c(ncn2CCCC(=O)OCC(=O)c2ccccc2)n(C)c1=O. The van der Waals surface area contributed by atoms with E-state index in [2.05, 4.69) is 4.98 Å². The Labute approximate surface area is 159 Å². The lowest BCUT2D eigenvalue weighted by Gasteiger charge is -2.07. The van der Waals surface area contributed by atoms with Crippen LogP contribution in [0.1, 0.15) is 23.2 Å². The average molecular weight is 384 g/mol. The highest BCUT2D eigenvalue weighted by Gasteiger charge is 2.15. The predicted octanol–water partition coefficient (Wildman–Crippen LogP) is 0.640. The molecule has 0 amide bonds. The molecular formula is C19H20N4O5. The fourth-order valence-corrected chi connectivity index (χ4v) is 2.89. The maximum atomic E-state index is 12.4. The number of aromatic nitrogens is 4. The van der Waals surface area contributed by atoms with Gasteiger partial charge in [0.1, 0.15) is 0 Å². The van der Waals surface area contributed by atoms with Gasteiger partial charge >= 0.3 is 11.7 Å². The maximum Gasteiger partial charge on any atom is 0.332 e. The molecule has 9 heteroatoms. The Balaban J connectivity index is 1.58. The number of Topliss-reactive ketones (excluding diaryl/α,β-unsaturated/α-hetero) is 1. The number of hydrogen-bond acceptors (Lipinski definition) is 6. The smallest absolute Gasteiger partial charge is 0.332 e. The molecule has 0 aliphatic heterocycles. The number of imidazole rings is 1. The van der Waals surface area contributed by atoms with Gasteiger partial charge in [-0.25, -0.2) is 9.78 Å². The van der Waals surface area contributed by atoms with Gasteiger partial charge in [-0.05, 0) is 6.42 Å². The highest BCUT2D eigenvalue weighted by molar-refractivity contribution is 5.97. The molecule has 0 aliphatic carbocycles. The van der Waals surface area contributed by atoms with Gasteiger partial charge in [0.2, 0.25) is 0 Å². The molecule has 0 spiro atoms. The molecule has 0 fully saturated rings. The molecule has 0 unspecified atom stereocenters. The van der Waals surface area contributed by atoms with Gasteiger partial charge in [-0.1, -0.05) is 30.3 Å². The predicted molar refractivity (Wildman–Crippen MR) is 101 cm³/mol. The number of benzene rings is 1. The molecule has 3 aromatic rings. The summed E-state index contributed by atoms with van der Waals surface area (Å²) in [5, 5.41) is 0. The van der Waals surface area contributed by atoms with Crippen LogP contribution in [0.25, 0.3) is 11.2 Å². The van der Waals surface area contributed by atoms with E-state index >= 15 is 0 Å². The molecule has 2 heterocycles. The van der Waals surface area contributed by atoms with E-state index < -0.39 is 17.2 Å². The molecule has 9 nitrogen and oxygen atoms in total. The molecule has 0 radical (unpaired) electrons. The summed E-state index contributed by atoms with van der Waals surface area (Å²) in [5.41, 5.74) is 0.198. The van der Waals surface area contributed by atoms with E-state index in [1.807, 2.05) is 0 Å². The number of nitrogens with zero attached hydrogens (tertiary/aromatic N) is 4. The Bertz CT molecular complexity index is 1140. The molecule has 0 saturated heterocycles. The summed E-state index contributed by atoms with van der Waals surface area (Å²) >= 11 is 0. The summed E-state index contributed by atoms with van der Waals surface area (Å²) in [7, 11) is 2.95. The van der Waals surface area contributed by atoms with Crippen LogP contribution in [0.5, 0.6) is 0 Å². The van der Waals surface area contributed by atoms with Gasteiger partial charge in [0.25, 0.3) is 5.56 Å². The molecule has 0 bridgehead atoms. The van der Waals surface area contributed by atoms with Crippen molar-refractivity contribution < 1.29 is 14.3 Å². The number of hydrogen-bond donors (Lipinski definition) is 0. The van der Waals surface area contributed by atoms with E-state index in [9.17, 15) is 19.2 Å². The third kappa shape index (κ3) is 3.78. The topological polar surface area (TPSA) is 105 Å².